The van der Waals surface area contributed by atoms with Crippen LogP contribution in [0.2, 0.25) is 5.02 Å². The van der Waals surface area contributed by atoms with Crippen LogP contribution in [0.25, 0.3) is 0 Å². The van der Waals surface area contributed by atoms with Gasteiger partial charge in [0.05, 0.1) is 17.7 Å². The number of hydrogen-bond donors (Lipinski definition) is 0. The first-order valence-corrected chi connectivity index (χ1v) is 8.94. The summed E-state index contributed by atoms with van der Waals surface area (Å²) in [5, 5.41) is 0.520. The molecule has 1 aliphatic rings. The Hall–Kier alpha value is -2.04. The smallest absolute Gasteiger partial charge is 0.255 e. The van der Waals surface area contributed by atoms with Gasteiger partial charge in [-0.25, -0.2) is 0 Å². The number of methoxy groups -OCH3 is 1. The highest BCUT2D eigenvalue weighted by Gasteiger charge is 2.21. The average molecular weight is 359 g/mol. The molecule has 1 saturated heterocycles. The summed E-state index contributed by atoms with van der Waals surface area (Å²) in [6, 6.07) is 15.4. The molecule has 2 aromatic rings. The minimum Gasteiger partial charge on any atom is -0.497 e. The van der Waals surface area contributed by atoms with Crippen molar-refractivity contribution >= 4 is 17.5 Å². The van der Waals surface area contributed by atoms with Gasteiger partial charge >= 0.3 is 0 Å². The van der Waals surface area contributed by atoms with Crippen molar-refractivity contribution in [2.45, 2.75) is 13.0 Å². The Morgan fingerprint density at radius 2 is 1.80 bits per heavy atom. The summed E-state index contributed by atoms with van der Waals surface area (Å²) in [6.45, 7) is 4.22. The second-order valence-electron chi connectivity index (χ2n) is 6.25. The molecule has 0 spiro atoms. The van der Waals surface area contributed by atoms with E-state index < -0.39 is 0 Å². The SMILES string of the molecule is COc1ccc(CN2CCCN(C(=O)c3ccccc3Cl)CC2)cc1. The van der Waals surface area contributed by atoms with Crippen LogP contribution in [0.4, 0.5) is 0 Å². The standard InChI is InChI=1S/C20H23ClN2O2/c1-25-17-9-7-16(8-10-17)15-22-11-4-12-23(14-13-22)20(24)18-5-2-3-6-19(18)21/h2-3,5-10H,4,11-15H2,1H3. The first-order valence-electron chi connectivity index (χ1n) is 8.56. The third-order valence-corrected chi connectivity index (χ3v) is 4.87. The summed E-state index contributed by atoms with van der Waals surface area (Å²) >= 11 is 6.17. The lowest BCUT2D eigenvalue weighted by Gasteiger charge is -2.22. The lowest BCUT2D eigenvalue weighted by atomic mass is 10.2. The van der Waals surface area contributed by atoms with Crippen LogP contribution in [0.15, 0.2) is 48.5 Å². The number of rotatable bonds is 4. The van der Waals surface area contributed by atoms with E-state index in [-0.39, 0.29) is 5.91 Å². The van der Waals surface area contributed by atoms with Gasteiger partial charge < -0.3 is 9.64 Å². The van der Waals surface area contributed by atoms with Crippen molar-refractivity contribution in [1.29, 1.82) is 0 Å². The Morgan fingerprint density at radius 3 is 2.52 bits per heavy atom. The molecule has 4 nitrogen and oxygen atoms in total. The van der Waals surface area contributed by atoms with Crippen LogP contribution >= 0.6 is 11.6 Å². The maximum absolute atomic E-state index is 12.7. The molecule has 5 heteroatoms. The summed E-state index contributed by atoms with van der Waals surface area (Å²) in [5.74, 6) is 0.896. The largest absolute Gasteiger partial charge is 0.497 e. The molecular formula is C20H23ClN2O2. The zero-order valence-corrected chi connectivity index (χ0v) is 15.2. The number of hydrogen-bond acceptors (Lipinski definition) is 3. The van der Waals surface area contributed by atoms with Gasteiger partial charge in [0.15, 0.2) is 0 Å². The molecule has 0 N–H and O–H groups in total. The van der Waals surface area contributed by atoms with Crippen LogP contribution in [-0.4, -0.2) is 49.0 Å². The monoisotopic (exact) mass is 358 g/mol. The maximum atomic E-state index is 12.7. The van der Waals surface area contributed by atoms with E-state index in [0.717, 1.165) is 44.9 Å². The predicted octanol–water partition coefficient (Wildman–Crippen LogP) is 3.70. The molecule has 0 atom stereocenters. The summed E-state index contributed by atoms with van der Waals surface area (Å²) in [5.41, 5.74) is 1.85. The molecule has 1 aliphatic heterocycles. The van der Waals surface area contributed by atoms with Crippen molar-refractivity contribution in [2.24, 2.45) is 0 Å². The van der Waals surface area contributed by atoms with E-state index >= 15 is 0 Å². The van der Waals surface area contributed by atoms with Gasteiger partial charge in [0, 0.05) is 32.7 Å². The molecule has 0 saturated carbocycles. The summed E-state index contributed by atoms with van der Waals surface area (Å²) in [7, 11) is 1.67. The second-order valence-corrected chi connectivity index (χ2v) is 6.66. The van der Waals surface area contributed by atoms with E-state index in [1.165, 1.54) is 5.56 Å². The molecule has 0 unspecified atom stereocenters. The molecule has 1 heterocycles. The van der Waals surface area contributed by atoms with Gasteiger partial charge in [-0.3, -0.25) is 9.69 Å². The molecule has 0 aliphatic carbocycles. The molecule has 0 aromatic heterocycles. The molecule has 2 aromatic carbocycles. The van der Waals surface area contributed by atoms with Crippen LogP contribution in [0.3, 0.4) is 0 Å². The summed E-state index contributed by atoms with van der Waals surface area (Å²) in [6.07, 6.45) is 0.965. The van der Waals surface area contributed by atoms with Crippen LogP contribution in [0, 0.1) is 0 Å². The third-order valence-electron chi connectivity index (χ3n) is 4.55. The van der Waals surface area contributed by atoms with Crippen LogP contribution in [-0.2, 0) is 6.54 Å². The van der Waals surface area contributed by atoms with Gasteiger partial charge in [-0.1, -0.05) is 35.9 Å². The second kappa shape index (κ2) is 8.37. The van der Waals surface area contributed by atoms with Crippen molar-refractivity contribution < 1.29 is 9.53 Å². The number of carbonyl (C=O) groups excluding carboxylic acids is 1. The van der Waals surface area contributed by atoms with Crippen LogP contribution in [0.1, 0.15) is 22.3 Å². The van der Waals surface area contributed by atoms with E-state index in [1.54, 1.807) is 19.2 Å². The zero-order chi connectivity index (χ0) is 17.6. The molecular weight excluding hydrogens is 336 g/mol. The quantitative estimate of drug-likeness (QED) is 0.835. The topological polar surface area (TPSA) is 32.8 Å². The lowest BCUT2D eigenvalue weighted by Crippen LogP contribution is -2.35. The third kappa shape index (κ3) is 4.53. The predicted molar refractivity (Wildman–Crippen MR) is 100 cm³/mol. The number of ether oxygens (including phenoxy) is 1. The van der Waals surface area contributed by atoms with Crippen LogP contribution < -0.4 is 4.74 Å². The Kier molecular flexibility index (Phi) is 5.95. The highest BCUT2D eigenvalue weighted by molar-refractivity contribution is 6.33. The van der Waals surface area contributed by atoms with E-state index in [9.17, 15) is 4.79 Å². The van der Waals surface area contributed by atoms with E-state index in [0.29, 0.717) is 10.6 Å². The number of benzene rings is 2. The van der Waals surface area contributed by atoms with Gasteiger partial charge in [0.1, 0.15) is 5.75 Å². The first kappa shape index (κ1) is 17.8. The number of halogens is 1. The summed E-state index contributed by atoms with van der Waals surface area (Å²) in [4.78, 5) is 17.0. The van der Waals surface area contributed by atoms with Gasteiger partial charge in [0.25, 0.3) is 5.91 Å². The Bertz CT molecular complexity index is 718. The Morgan fingerprint density at radius 1 is 1.04 bits per heavy atom. The van der Waals surface area contributed by atoms with Crippen molar-refractivity contribution in [2.75, 3.05) is 33.3 Å². The van der Waals surface area contributed by atoms with Crippen molar-refractivity contribution in [1.82, 2.24) is 9.80 Å². The van der Waals surface area contributed by atoms with Crippen molar-refractivity contribution in [3.63, 3.8) is 0 Å². The van der Waals surface area contributed by atoms with Gasteiger partial charge in [0.2, 0.25) is 0 Å². The van der Waals surface area contributed by atoms with E-state index in [4.69, 9.17) is 16.3 Å². The highest BCUT2D eigenvalue weighted by Crippen LogP contribution is 2.19. The normalized spacial score (nSPS) is 15.7. The average Bonchev–Trinajstić information content (AvgIpc) is 2.88. The van der Waals surface area contributed by atoms with Crippen LogP contribution in [0.5, 0.6) is 5.75 Å². The van der Waals surface area contributed by atoms with Crippen molar-refractivity contribution in [3.8, 4) is 5.75 Å². The first-order chi connectivity index (χ1) is 12.2. The van der Waals surface area contributed by atoms with Gasteiger partial charge in [-0.05, 0) is 36.2 Å². The molecule has 132 valence electrons. The van der Waals surface area contributed by atoms with E-state index in [1.807, 2.05) is 29.2 Å². The van der Waals surface area contributed by atoms with Gasteiger partial charge in [-0.15, -0.1) is 0 Å². The number of amides is 1. The molecule has 0 radical (unpaired) electrons. The highest BCUT2D eigenvalue weighted by atomic mass is 35.5. The zero-order valence-electron chi connectivity index (χ0n) is 14.5. The van der Waals surface area contributed by atoms with Gasteiger partial charge in [-0.2, -0.15) is 0 Å². The molecule has 0 bridgehead atoms. The van der Waals surface area contributed by atoms with E-state index in [2.05, 4.69) is 17.0 Å². The fraction of sp³-hybridized carbons (Fsp3) is 0.350. The molecule has 1 fully saturated rings. The molecule has 25 heavy (non-hydrogen) atoms. The minimum absolute atomic E-state index is 0.0249. The Labute approximate surface area is 154 Å². The minimum atomic E-state index is 0.0249. The lowest BCUT2D eigenvalue weighted by molar-refractivity contribution is 0.0761. The maximum Gasteiger partial charge on any atom is 0.255 e. The number of nitrogens with zero attached hydrogens (tertiary/aromatic N) is 2. The van der Waals surface area contributed by atoms with Crippen molar-refractivity contribution in [3.05, 3.63) is 64.7 Å². The number of carbonyl (C=O) groups is 1. The summed E-state index contributed by atoms with van der Waals surface area (Å²) < 4.78 is 5.20. The molecule has 1 amide bonds. The fourth-order valence-corrected chi connectivity index (χ4v) is 3.34. The Balaban J connectivity index is 1.60. The fourth-order valence-electron chi connectivity index (χ4n) is 3.13. The molecule has 3 rings (SSSR count).